The molecule has 14 nitrogen and oxygen atoms in total. The van der Waals surface area contributed by atoms with Gasteiger partial charge in [0.25, 0.3) is 5.91 Å². The van der Waals surface area contributed by atoms with Crippen LogP contribution in [0.3, 0.4) is 0 Å². The van der Waals surface area contributed by atoms with Crippen LogP contribution in [-0.4, -0.2) is 88.7 Å². The predicted molar refractivity (Wildman–Crippen MR) is 194 cm³/mol. The molecule has 0 spiro atoms. The Morgan fingerprint density at radius 2 is 1.80 bits per heavy atom. The van der Waals surface area contributed by atoms with Gasteiger partial charge in [-0.05, 0) is 89.7 Å². The van der Waals surface area contributed by atoms with Crippen molar-refractivity contribution >= 4 is 39.9 Å². The van der Waals surface area contributed by atoms with Crippen LogP contribution < -0.4 is 15.4 Å². The molecule has 0 aromatic heterocycles. The molecule has 296 valence electrons. The summed E-state index contributed by atoms with van der Waals surface area (Å²) in [7, 11) is -4.03. The molecule has 3 heterocycles. The number of nitrogens with one attached hydrogen (secondary N) is 3. The first-order valence-electron chi connectivity index (χ1n) is 18.8. The first-order chi connectivity index (χ1) is 25.2. The van der Waals surface area contributed by atoms with Crippen molar-refractivity contribution in [3.05, 3.63) is 47.3 Å². The SMILES string of the molecule is CC1CCC=CC2CC2(C(=O)NS(=O)(=O)C2(C)CC2)NC(=O)C2CC(OC(=O)N3Cc4cccc(F)c4C3)CN2C(=O)C(NC(=O)OC(C)(C)C)C(C)C1. The lowest BCUT2D eigenvalue weighted by Crippen LogP contribution is -2.59. The molecule has 3 N–H and O–H groups in total. The zero-order chi connectivity index (χ0) is 39.4. The Bertz CT molecular complexity index is 1840. The summed E-state index contributed by atoms with van der Waals surface area (Å²) in [5, 5.41) is 5.55. The molecule has 1 aromatic carbocycles. The number of hydrogen-bond donors (Lipinski definition) is 3. The minimum atomic E-state index is -4.03. The van der Waals surface area contributed by atoms with Crippen LogP contribution in [-0.2, 0) is 47.0 Å². The Hall–Kier alpha value is -4.21. The van der Waals surface area contributed by atoms with Crippen LogP contribution in [0, 0.1) is 23.6 Å². The molecule has 1 saturated heterocycles. The van der Waals surface area contributed by atoms with Gasteiger partial charge in [0.15, 0.2) is 0 Å². The van der Waals surface area contributed by atoms with E-state index in [1.54, 1.807) is 39.8 Å². The zero-order valence-corrected chi connectivity index (χ0v) is 32.6. The van der Waals surface area contributed by atoms with Crippen molar-refractivity contribution in [1.29, 1.82) is 0 Å². The molecular formula is C38H52FN5O9S. The van der Waals surface area contributed by atoms with Crippen molar-refractivity contribution in [2.75, 3.05) is 6.54 Å². The summed E-state index contributed by atoms with van der Waals surface area (Å²) >= 11 is 0. The number of carbonyl (C=O) groups excluding carboxylic acids is 5. The van der Waals surface area contributed by atoms with Gasteiger partial charge in [0.1, 0.15) is 35.1 Å². The average Bonchev–Trinajstić information content (AvgIpc) is 3.86. The molecule has 7 atom stereocenters. The Morgan fingerprint density at radius 1 is 1.07 bits per heavy atom. The fourth-order valence-corrected chi connectivity index (χ4v) is 9.07. The number of amides is 5. The summed E-state index contributed by atoms with van der Waals surface area (Å²) in [5.74, 6) is -3.41. The van der Waals surface area contributed by atoms with Gasteiger partial charge in [-0.2, -0.15) is 0 Å². The third-order valence-electron chi connectivity index (χ3n) is 11.4. The lowest BCUT2D eigenvalue weighted by atomic mass is 9.88. The lowest BCUT2D eigenvalue weighted by molar-refractivity contribution is -0.142. The number of carbonyl (C=O) groups is 5. The molecule has 0 radical (unpaired) electrons. The third kappa shape index (κ3) is 8.22. The number of sulfonamides is 1. The molecule has 2 aliphatic carbocycles. The molecule has 5 aliphatic rings. The Balaban J connectivity index is 1.29. The maximum atomic E-state index is 14.6. The fourth-order valence-electron chi connectivity index (χ4n) is 7.76. The van der Waals surface area contributed by atoms with E-state index in [1.165, 1.54) is 15.9 Å². The molecule has 7 unspecified atom stereocenters. The number of hydrogen-bond acceptors (Lipinski definition) is 9. The second-order valence-electron chi connectivity index (χ2n) is 17.1. The van der Waals surface area contributed by atoms with Gasteiger partial charge in [0.2, 0.25) is 21.8 Å². The number of benzene rings is 1. The van der Waals surface area contributed by atoms with Crippen molar-refractivity contribution < 1.29 is 46.3 Å². The van der Waals surface area contributed by atoms with Gasteiger partial charge >= 0.3 is 12.2 Å². The number of ether oxygens (including phenoxy) is 2. The second kappa shape index (κ2) is 14.5. The highest BCUT2D eigenvalue weighted by Crippen LogP contribution is 2.47. The van der Waals surface area contributed by atoms with Crippen LogP contribution in [0.15, 0.2) is 30.4 Å². The van der Waals surface area contributed by atoms with Gasteiger partial charge in [-0.3, -0.25) is 24.0 Å². The lowest BCUT2D eigenvalue weighted by Gasteiger charge is -2.33. The molecule has 1 aromatic rings. The molecule has 3 aliphatic heterocycles. The molecular weight excluding hydrogens is 722 g/mol. The number of rotatable bonds is 5. The van der Waals surface area contributed by atoms with Crippen molar-refractivity contribution in [2.45, 2.75) is 134 Å². The summed E-state index contributed by atoms with van der Waals surface area (Å²) in [6.07, 6.45) is 3.94. The van der Waals surface area contributed by atoms with E-state index in [2.05, 4.69) is 15.4 Å². The van der Waals surface area contributed by atoms with E-state index in [1.807, 2.05) is 26.0 Å². The first-order valence-corrected chi connectivity index (χ1v) is 20.3. The fraction of sp³-hybridized carbons (Fsp3) is 0.658. The van der Waals surface area contributed by atoms with Crippen LogP contribution in [0.25, 0.3) is 0 Å². The number of nitrogens with zero attached hydrogens (tertiary/aromatic N) is 2. The maximum Gasteiger partial charge on any atom is 0.410 e. The minimum Gasteiger partial charge on any atom is -0.444 e. The van der Waals surface area contributed by atoms with Crippen molar-refractivity contribution in [3.63, 3.8) is 0 Å². The van der Waals surface area contributed by atoms with Crippen LogP contribution in [0.1, 0.15) is 97.6 Å². The van der Waals surface area contributed by atoms with E-state index in [4.69, 9.17) is 9.47 Å². The van der Waals surface area contributed by atoms with E-state index >= 15 is 0 Å². The van der Waals surface area contributed by atoms with Crippen molar-refractivity contribution in [2.24, 2.45) is 17.8 Å². The number of fused-ring (bicyclic) bond motifs is 3. The number of halogens is 1. The second-order valence-corrected chi connectivity index (χ2v) is 19.3. The highest BCUT2D eigenvalue weighted by Gasteiger charge is 2.63. The molecule has 3 fully saturated rings. The highest BCUT2D eigenvalue weighted by molar-refractivity contribution is 7.91. The maximum absolute atomic E-state index is 14.6. The monoisotopic (exact) mass is 773 g/mol. The Morgan fingerprint density at radius 3 is 2.46 bits per heavy atom. The van der Waals surface area contributed by atoms with Gasteiger partial charge < -0.3 is 25.0 Å². The number of allylic oxidation sites excluding steroid dienone is 1. The van der Waals surface area contributed by atoms with Crippen LogP contribution in [0.2, 0.25) is 0 Å². The highest BCUT2D eigenvalue weighted by atomic mass is 32.2. The average molecular weight is 774 g/mol. The van der Waals surface area contributed by atoms with E-state index < -0.39 is 91.7 Å². The molecule has 16 heteroatoms. The summed E-state index contributed by atoms with van der Waals surface area (Å²) in [6.45, 7) is 10.4. The Labute approximate surface area is 316 Å². The molecule has 54 heavy (non-hydrogen) atoms. The van der Waals surface area contributed by atoms with E-state index in [9.17, 15) is 36.8 Å². The summed E-state index contributed by atoms with van der Waals surface area (Å²) < 4.78 is 53.2. The zero-order valence-electron chi connectivity index (χ0n) is 31.8. The first kappa shape index (κ1) is 39.5. The predicted octanol–water partition coefficient (Wildman–Crippen LogP) is 4.03. The van der Waals surface area contributed by atoms with Crippen molar-refractivity contribution in [1.82, 2.24) is 25.2 Å². The normalized spacial score (nSPS) is 30.8. The molecule has 5 amide bonds. The van der Waals surface area contributed by atoms with Crippen LogP contribution in [0.5, 0.6) is 0 Å². The van der Waals surface area contributed by atoms with Crippen molar-refractivity contribution in [3.8, 4) is 0 Å². The van der Waals surface area contributed by atoms with Gasteiger partial charge in [-0.1, -0.05) is 38.1 Å². The van der Waals surface area contributed by atoms with Gasteiger partial charge in [-0.15, -0.1) is 0 Å². The van der Waals surface area contributed by atoms with E-state index in [0.29, 0.717) is 36.8 Å². The molecule has 2 saturated carbocycles. The smallest absolute Gasteiger partial charge is 0.410 e. The topological polar surface area (TPSA) is 181 Å². The number of alkyl carbamates (subject to hydrolysis) is 1. The Kier molecular flexibility index (Phi) is 10.6. The minimum absolute atomic E-state index is 0.00775. The molecule has 0 bridgehead atoms. The van der Waals surface area contributed by atoms with Crippen LogP contribution in [0.4, 0.5) is 14.0 Å². The van der Waals surface area contributed by atoms with Gasteiger partial charge in [0.05, 0.1) is 17.8 Å². The summed E-state index contributed by atoms with van der Waals surface area (Å²) in [5.41, 5.74) is -1.41. The standard InChI is InChI=1S/C38H52FN5O9S/c1-22-10-7-8-12-25-18-38(25,33(47)42-54(50,51)37(6)14-15-37)41-31(45)29-17-26(52-35(49)43-19-24-11-9-13-28(39)27(24)21-43)20-44(29)32(46)30(23(2)16-22)40-34(48)53-36(3,4)5/h8-9,11-13,22-23,25-26,29-30H,7,10,14-21H2,1-6H3,(H,40,48)(H,41,45)(H,42,47). The largest absolute Gasteiger partial charge is 0.444 e. The van der Waals surface area contributed by atoms with Crippen LogP contribution >= 0.6 is 0 Å². The third-order valence-corrected chi connectivity index (χ3v) is 13.5. The van der Waals surface area contributed by atoms with E-state index in [-0.39, 0.29) is 38.4 Å². The van der Waals surface area contributed by atoms with Gasteiger partial charge in [-0.25, -0.2) is 22.4 Å². The summed E-state index contributed by atoms with van der Waals surface area (Å²) in [4.78, 5) is 72.0. The van der Waals surface area contributed by atoms with Gasteiger partial charge in [0, 0.05) is 24.4 Å². The molecule has 6 rings (SSSR count). The quantitative estimate of drug-likeness (QED) is 0.373. The summed E-state index contributed by atoms with van der Waals surface area (Å²) in [6, 6.07) is 2.23. The van der Waals surface area contributed by atoms with E-state index in [0.717, 1.165) is 6.42 Å².